The van der Waals surface area contributed by atoms with Crippen LogP contribution in [0.15, 0.2) is 35.2 Å². The molecule has 0 saturated carbocycles. The van der Waals surface area contributed by atoms with Crippen molar-refractivity contribution in [3.63, 3.8) is 0 Å². The van der Waals surface area contributed by atoms with Crippen LogP contribution in [0.4, 0.5) is 15.8 Å². The standard InChI is InChI=1S/C10H8FN3O3/c11-9-3-7(1-2-10(9)14(15)16)13-5-8-4-12-6-17-8/h1-4,6,13H,5H2. The molecule has 6 nitrogen and oxygen atoms in total. The maximum atomic E-state index is 13.2. The second-order valence-electron chi connectivity index (χ2n) is 3.24. The van der Waals surface area contributed by atoms with E-state index in [1.165, 1.54) is 18.7 Å². The Balaban J connectivity index is 2.07. The van der Waals surface area contributed by atoms with Crippen LogP contribution in [0.3, 0.4) is 0 Å². The summed E-state index contributed by atoms with van der Waals surface area (Å²) in [6, 6.07) is 3.60. The molecule has 0 radical (unpaired) electrons. The first-order chi connectivity index (χ1) is 8.16. The minimum absolute atomic E-state index is 0.331. The maximum Gasteiger partial charge on any atom is 0.304 e. The topological polar surface area (TPSA) is 81.2 Å². The Morgan fingerprint density at radius 3 is 2.94 bits per heavy atom. The average Bonchev–Trinajstić information content (AvgIpc) is 2.78. The average molecular weight is 237 g/mol. The molecule has 0 bridgehead atoms. The zero-order chi connectivity index (χ0) is 12.3. The molecular weight excluding hydrogens is 229 g/mol. The summed E-state index contributed by atoms with van der Waals surface area (Å²) in [7, 11) is 0. The van der Waals surface area contributed by atoms with Crippen LogP contribution in [-0.4, -0.2) is 9.91 Å². The molecule has 0 aliphatic carbocycles. The van der Waals surface area contributed by atoms with Gasteiger partial charge in [-0.15, -0.1) is 0 Å². The normalized spacial score (nSPS) is 10.2. The number of nitro groups is 1. The van der Waals surface area contributed by atoms with Crippen molar-refractivity contribution in [1.82, 2.24) is 4.98 Å². The van der Waals surface area contributed by atoms with Gasteiger partial charge in [-0.3, -0.25) is 10.1 Å². The van der Waals surface area contributed by atoms with Crippen molar-refractivity contribution < 1.29 is 13.7 Å². The van der Waals surface area contributed by atoms with Crippen molar-refractivity contribution in [2.45, 2.75) is 6.54 Å². The number of aromatic nitrogens is 1. The van der Waals surface area contributed by atoms with Crippen LogP contribution in [0, 0.1) is 15.9 Å². The van der Waals surface area contributed by atoms with Gasteiger partial charge in [0.05, 0.1) is 17.7 Å². The van der Waals surface area contributed by atoms with Crippen LogP contribution in [-0.2, 0) is 6.54 Å². The van der Waals surface area contributed by atoms with Crippen LogP contribution in [0.1, 0.15) is 5.76 Å². The van der Waals surface area contributed by atoms with Crippen molar-refractivity contribution in [1.29, 1.82) is 0 Å². The number of nitro benzene ring substituents is 1. The van der Waals surface area contributed by atoms with E-state index in [1.807, 2.05) is 0 Å². The quantitative estimate of drug-likeness (QED) is 0.651. The molecule has 0 atom stereocenters. The van der Waals surface area contributed by atoms with Crippen LogP contribution >= 0.6 is 0 Å². The van der Waals surface area contributed by atoms with Gasteiger partial charge < -0.3 is 9.73 Å². The highest BCUT2D eigenvalue weighted by Crippen LogP contribution is 2.21. The van der Waals surface area contributed by atoms with Gasteiger partial charge in [-0.25, -0.2) is 4.98 Å². The fraction of sp³-hybridized carbons (Fsp3) is 0.100. The lowest BCUT2D eigenvalue weighted by atomic mass is 10.2. The van der Waals surface area contributed by atoms with Gasteiger partial charge in [0.2, 0.25) is 5.82 Å². The number of oxazole rings is 1. The Bertz CT molecular complexity index is 528. The first-order valence-corrected chi connectivity index (χ1v) is 4.72. The summed E-state index contributed by atoms with van der Waals surface area (Å²) in [6.07, 6.45) is 2.81. The molecule has 1 aromatic heterocycles. The second kappa shape index (κ2) is 4.60. The molecule has 2 rings (SSSR count). The van der Waals surface area contributed by atoms with E-state index >= 15 is 0 Å². The third kappa shape index (κ3) is 2.57. The maximum absolute atomic E-state index is 13.2. The number of rotatable bonds is 4. The summed E-state index contributed by atoms with van der Waals surface area (Å²) < 4.78 is 18.2. The molecule has 88 valence electrons. The van der Waals surface area contributed by atoms with Crippen LogP contribution in [0.5, 0.6) is 0 Å². The Morgan fingerprint density at radius 1 is 1.53 bits per heavy atom. The van der Waals surface area contributed by atoms with Gasteiger partial charge in [0, 0.05) is 17.8 Å². The van der Waals surface area contributed by atoms with E-state index in [9.17, 15) is 14.5 Å². The predicted octanol–water partition coefficient (Wildman–Crippen LogP) is 2.33. The Kier molecular flexibility index (Phi) is 2.99. The molecule has 0 aliphatic rings. The van der Waals surface area contributed by atoms with Crippen molar-refractivity contribution in [3.8, 4) is 0 Å². The minimum Gasteiger partial charge on any atom is -0.447 e. The third-order valence-corrected chi connectivity index (χ3v) is 2.09. The number of hydrogen-bond acceptors (Lipinski definition) is 5. The minimum atomic E-state index is -0.877. The number of nitrogens with one attached hydrogen (secondary N) is 1. The third-order valence-electron chi connectivity index (χ3n) is 2.09. The van der Waals surface area contributed by atoms with E-state index in [0.29, 0.717) is 18.0 Å². The summed E-state index contributed by atoms with van der Waals surface area (Å²) >= 11 is 0. The Hall–Kier alpha value is -2.44. The molecule has 1 aromatic carbocycles. The molecular formula is C10H8FN3O3. The molecule has 0 aliphatic heterocycles. The summed E-state index contributed by atoms with van der Waals surface area (Å²) in [5.74, 6) is -0.290. The van der Waals surface area contributed by atoms with Gasteiger partial charge in [-0.2, -0.15) is 4.39 Å². The van der Waals surface area contributed by atoms with Crippen LogP contribution < -0.4 is 5.32 Å². The molecule has 0 saturated heterocycles. The van der Waals surface area contributed by atoms with E-state index < -0.39 is 16.4 Å². The first kappa shape index (κ1) is 11.1. The highest BCUT2D eigenvalue weighted by Gasteiger charge is 2.13. The Labute approximate surface area is 95.2 Å². The molecule has 0 amide bonds. The van der Waals surface area contributed by atoms with Gasteiger partial charge >= 0.3 is 5.69 Å². The lowest BCUT2D eigenvalue weighted by molar-refractivity contribution is -0.387. The molecule has 1 heterocycles. The van der Waals surface area contributed by atoms with Crippen molar-refractivity contribution in [3.05, 3.63) is 52.5 Å². The number of benzene rings is 1. The highest BCUT2D eigenvalue weighted by molar-refractivity contribution is 5.49. The lowest BCUT2D eigenvalue weighted by Gasteiger charge is -2.03. The fourth-order valence-electron chi connectivity index (χ4n) is 1.28. The van der Waals surface area contributed by atoms with E-state index in [4.69, 9.17) is 4.42 Å². The molecule has 17 heavy (non-hydrogen) atoms. The zero-order valence-electron chi connectivity index (χ0n) is 8.59. The fourth-order valence-corrected chi connectivity index (χ4v) is 1.28. The number of hydrogen-bond donors (Lipinski definition) is 1. The SMILES string of the molecule is O=[N+]([O-])c1ccc(NCc2cnco2)cc1F. The molecule has 0 unspecified atom stereocenters. The number of halogens is 1. The second-order valence-corrected chi connectivity index (χ2v) is 3.24. The summed E-state index contributed by atoms with van der Waals surface area (Å²) in [5.41, 5.74) is -0.111. The van der Waals surface area contributed by atoms with Crippen molar-refractivity contribution in [2.75, 3.05) is 5.32 Å². The predicted molar refractivity (Wildman–Crippen MR) is 56.9 cm³/mol. The summed E-state index contributed by atoms with van der Waals surface area (Å²) in [6.45, 7) is 0.331. The van der Waals surface area contributed by atoms with Crippen molar-refractivity contribution >= 4 is 11.4 Å². The number of nitrogens with zero attached hydrogens (tertiary/aromatic N) is 2. The van der Waals surface area contributed by atoms with Crippen molar-refractivity contribution in [2.24, 2.45) is 0 Å². The zero-order valence-corrected chi connectivity index (χ0v) is 8.59. The van der Waals surface area contributed by atoms with Gasteiger partial charge in [-0.1, -0.05) is 0 Å². The van der Waals surface area contributed by atoms with Crippen LogP contribution in [0.25, 0.3) is 0 Å². The van der Waals surface area contributed by atoms with Gasteiger partial charge in [0.15, 0.2) is 6.39 Å². The van der Waals surface area contributed by atoms with E-state index in [0.717, 1.165) is 12.1 Å². The molecule has 2 aromatic rings. The molecule has 1 N–H and O–H groups in total. The molecule has 7 heteroatoms. The van der Waals surface area contributed by atoms with E-state index in [-0.39, 0.29) is 0 Å². The summed E-state index contributed by atoms with van der Waals surface area (Å²) in [5, 5.41) is 13.3. The van der Waals surface area contributed by atoms with Gasteiger partial charge in [-0.05, 0) is 6.07 Å². The van der Waals surface area contributed by atoms with Crippen LogP contribution in [0.2, 0.25) is 0 Å². The Morgan fingerprint density at radius 2 is 2.35 bits per heavy atom. The molecule has 0 spiro atoms. The number of anilines is 1. The first-order valence-electron chi connectivity index (χ1n) is 4.72. The van der Waals surface area contributed by atoms with E-state index in [2.05, 4.69) is 10.3 Å². The molecule has 0 fully saturated rings. The largest absolute Gasteiger partial charge is 0.447 e. The lowest BCUT2D eigenvalue weighted by Crippen LogP contribution is -2.00. The van der Waals surface area contributed by atoms with E-state index in [1.54, 1.807) is 0 Å². The highest BCUT2D eigenvalue weighted by atomic mass is 19.1. The smallest absolute Gasteiger partial charge is 0.304 e. The van der Waals surface area contributed by atoms with Gasteiger partial charge in [0.25, 0.3) is 0 Å². The summed E-state index contributed by atoms with van der Waals surface area (Å²) in [4.78, 5) is 13.4. The monoisotopic (exact) mass is 237 g/mol. The van der Waals surface area contributed by atoms with Gasteiger partial charge in [0.1, 0.15) is 5.76 Å².